The van der Waals surface area contributed by atoms with E-state index in [1.54, 1.807) is 17.0 Å². The summed E-state index contributed by atoms with van der Waals surface area (Å²) in [6, 6.07) is 9.53. The van der Waals surface area contributed by atoms with Crippen molar-refractivity contribution in [3.63, 3.8) is 0 Å². The van der Waals surface area contributed by atoms with Gasteiger partial charge in [-0.15, -0.1) is 0 Å². The Morgan fingerprint density at radius 3 is 2.50 bits per heavy atom. The number of nitrogens with one attached hydrogen (secondary N) is 1. The molecule has 1 amide bonds. The van der Waals surface area contributed by atoms with Crippen LogP contribution in [0.2, 0.25) is 0 Å². The summed E-state index contributed by atoms with van der Waals surface area (Å²) in [7, 11) is -2.92. The first-order valence-electron chi connectivity index (χ1n) is 8.65. The summed E-state index contributed by atoms with van der Waals surface area (Å²) in [5, 5.41) is 9.74. The van der Waals surface area contributed by atoms with Crippen LogP contribution in [0.5, 0.6) is 5.75 Å². The van der Waals surface area contributed by atoms with E-state index in [-0.39, 0.29) is 27.8 Å². The number of carbonyl (C=O) groups is 2. The molecule has 0 aromatic heterocycles. The van der Waals surface area contributed by atoms with Gasteiger partial charge in [0, 0.05) is 24.3 Å². The molecule has 3 rings (SSSR count). The van der Waals surface area contributed by atoms with Gasteiger partial charge in [0.25, 0.3) is 15.9 Å². The fraction of sp³-hybridized carbons (Fsp3) is 0.263. The highest BCUT2D eigenvalue weighted by Gasteiger charge is 2.22. The highest BCUT2D eigenvalue weighted by atomic mass is 32.2. The predicted octanol–water partition coefficient (Wildman–Crippen LogP) is 2.22. The maximum Gasteiger partial charge on any atom is 0.341 e. The number of anilines is 1. The standard InChI is InChI=1S/C19H20N2O6S/c1-27-19(24)16-12-15(7-8-17(16)22)28(25,26)20-14-6-4-5-13(11-14)18(23)21-9-2-3-10-21/h4-8,11-12,20,22H,2-3,9-10H2,1H3. The Morgan fingerprint density at radius 1 is 1.11 bits per heavy atom. The summed E-state index contributed by atoms with van der Waals surface area (Å²) in [5.74, 6) is -1.38. The Hall–Kier alpha value is -3.07. The zero-order valence-corrected chi connectivity index (χ0v) is 16.0. The quantitative estimate of drug-likeness (QED) is 0.739. The Balaban J connectivity index is 1.86. The molecule has 1 fully saturated rings. The molecular weight excluding hydrogens is 384 g/mol. The summed E-state index contributed by atoms with van der Waals surface area (Å²) in [4.78, 5) is 25.7. The van der Waals surface area contributed by atoms with Crippen LogP contribution in [0.15, 0.2) is 47.4 Å². The van der Waals surface area contributed by atoms with Gasteiger partial charge in [0.1, 0.15) is 11.3 Å². The molecule has 1 saturated heterocycles. The number of amides is 1. The zero-order chi connectivity index (χ0) is 20.3. The average molecular weight is 404 g/mol. The van der Waals surface area contributed by atoms with Gasteiger partial charge in [-0.25, -0.2) is 13.2 Å². The van der Waals surface area contributed by atoms with Crippen molar-refractivity contribution < 1.29 is 27.9 Å². The minimum atomic E-state index is -4.05. The number of carbonyl (C=O) groups excluding carboxylic acids is 2. The molecule has 0 atom stereocenters. The van der Waals surface area contributed by atoms with E-state index in [2.05, 4.69) is 9.46 Å². The summed E-state index contributed by atoms with van der Waals surface area (Å²) < 4.78 is 32.3. The number of sulfonamides is 1. The number of methoxy groups -OCH3 is 1. The highest BCUT2D eigenvalue weighted by molar-refractivity contribution is 7.92. The molecule has 28 heavy (non-hydrogen) atoms. The van der Waals surface area contributed by atoms with Gasteiger partial charge >= 0.3 is 5.97 Å². The number of likely N-dealkylation sites (tertiary alicyclic amines) is 1. The van der Waals surface area contributed by atoms with E-state index in [0.717, 1.165) is 32.1 Å². The van der Waals surface area contributed by atoms with Crippen molar-refractivity contribution >= 4 is 27.6 Å². The molecule has 1 aliphatic rings. The van der Waals surface area contributed by atoms with Crippen LogP contribution in [-0.2, 0) is 14.8 Å². The number of phenols is 1. The van der Waals surface area contributed by atoms with Crippen LogP contribution in [0.25, 0.3) is 0 Å². The van der Waals surface area contributed by atoms with Crippen molar-refractivity contribution in [2.24, 2.45) is 0 Å². The van der Waals surface area contributed by atoms with Crippen LogP contribution < -0.4 is 4.72 Å². The lowest BCUT2D eigenvalue weighted by Crippen LogP contribution is -2.27. The van der Waals surface area contributed by atoms with Crippen molar-refractivity contribution in [1.82, 2.24) is 4.90 Å². The van der Waals surface area contributed by atoms with E-state index in [1.807, 2.05) is 0 Å². The maximum atomic E-state index is 12.7. The van der Waals surface area contributed by atoms with E-state index in [0.29, 0.717) is 18.7 Å². The SMILES string of the molecule is COC(=O)c1cc(S(=O)(=O)Nc2cccc(C(=O)N3CCCC3)c2)ccc1O. The normalized spacial score (nSPS) is 14.0. The molecule has 1 aliphatic heterocycles. The topological polar surface area (TPSA) is 113 Å². The van der Waals surface area contributed by atoms with Gasteiger partial charge in [-0.05, 0) is 49.2 Å². The minimum absolute atomic E-state index is 0.142. The fourth-order valence-corrected chi connectivity index (χ4v) is 4.06. The lowest BCUT2D eigenvalue weighted by atomic mass is 10.2. The van der Waals surface area contributed by atoms with Crippen molar-refractivity contribution in [2.45, 2.75) is 17.7 Å². The average Bonchev–Trinajstić information content (AvgIpc) is 3.21. The second-order valence-electron chi connectivity index (χ2n) is 6.36. The summed E-state index contributed by atoms with van der Waals surface area (Å²) in [5.41, 5.74) is 0.351. The number of benzene rings is 2. The van der Waals surface area contributed by atoms with Gasteiger partial charge in [0.05, 0.1) is 12.0 Å². The van der Waals surface area contributed by atoms with Crippen LogP contribution in [0.4, 0.5) is 5.69 Å². The van der Waals surface area contributed by atoms with Crippen molar-refractivity contribution in [3.8, 4) is 5.75 Å². The first-order valence-corrected chi connectivity index (χ1v) is 10.1. The van der Waals surface area contributed by atoms with Gasteiger partial charge in [-0.1, -0.05) is 6.07 Å². The molecule has 2 N–H and O–H groups in total. The van der Waals surface area contributed by atoms with E-state index in [1.165, 1.54) is 18.2 Å². The molecule has 0 radical (unpaired) electrons. The van der Waals surface area contributed by atoms with Crippen LogP contribution in [0.1, 0.15) is 33.6 Å². The molecule has 2 aromatic carbocycles. The largest absolute Gasteiger partial charge is 0.507 e. The molecule has 0 saturated carbocycles. The molecule has 0 bridgehead atoms. The van der Waals surface area contributed by atoms with Gasteiger partial charge in [-0.3, -0.25) is 9.52 Å². The lowest BCUT2D eigenvalue weighted by molar-refractivity contribution is 0.0597. The van der Waals surface area contributed by atoms with Crippen LogP contribution in [-0.4, -0.2) is 50.5 Å². The van der Waals surface area contributed by atoms with E-state index >= 15 is 0 Å². The fourth-order valence-electron chi connectivity index (χ4n) is 2.99. The minimum Gasteiger partial charge on any atom is -0.507 e. The van der Waals surface area contributed by atoms with Gasteiger partial charge in [0.15, 0.2) is 0 Å². The van der Waals surface area contributed by atoms with Crippen LogP contribution >= 0.6 is 0 Å². The monoisotopic (exact) mass is 404 g/mol. The number of hydrogen-bond acceptors (Lipinski definition) is 6. The number of rotatable bonds is 5. The van der Waals surface area contributed by atoms with Crippen molar-refractivity contribution in [1.29, 1.82) is 0 Å². The van der Waals surface area contributed by atoms with Crippen LogP contribution in [0, 0.1) is 0 Å². The van der Waals surface area contributed by atoms with Gasteiger partial charge in [0.2, 0.25) is 0 Å². The lowest BCUT2D eigenvalue weighted by Gasteiger charge is -2.16. The van der Waals surface area contributed by atoms with E-state index in [4.69, 9.17) is 0 Å². The van der Waals surface area contributed by atoms with E-state index in [9.17, 15) is 23.1 Å². The molecule has 0 unspecified atom stereocenters. The molecule has 0 aliphatic carbocycles. The molecule has 0 spiro atoms. The molecular formula is C19H20N2O6S. The second kappa shape index (κ2) is 7.89. The predicted molar refractivity (Wildman–Crippen MR) is 102 cm³/mol. The number of esters is 1. The third-order valence-electron chi connectivity index (χ3n) is 4.44. The maximum absolute atomic E-state index is 12.7. The Bertz CT molecular complexity index is 1010. The van der Waals surface area contributed by atoms with Crippen molar-refractivity contribution in [2.75, 3.05) is 24.9 Å². The van der Waals surface area contributed by atoms with Crippen LogP contribution in [0.3, 0.4) is 0 Å². The van der Waals surface area contributed by atoms with Crippen molar-refractivity contribution in [3.05, 3.63) is 53.6 Å². The molecule has 2 aromatic rings. The Morgan fingerprint density at radius 2 is 1.82 bits per heavy atom. The first-order chi connectivity index (χ1) is 13.3. The summed E-state index contributed by atoms with van der Waals surface area (Å²) >= 11 is 0. The number of nitrogens with zero attached hydrogens (tertiary/aromatic N) is 1. The Labute approximate surface area is 162 Å². The molecule has 148 valence electrons. The molecule has 9 heteroatoms. The van der Waals surface area contributed by atoms with E-state index < -0.39 is 16.0 Å². The second-order valence-corrected chi connectivity index (χ2v) is 8.04. The molecule has 8 nitrogen and oxygen atoms in total. The number of hydrogen-bond donors (Lipinski definition) is 2. The summed E-state index contributed by atoms with van der Waals surface area (Å²) in [6.07, 6.45) is 1.92. The molecule has 1 heterocycles. The first kappa shape index (κ1) is 19.7. The smallest absolute Gasteiger partial charge is 0.341 e. The summed E-state index contributed by atoms with van der Waals surface area (Å²) in [6.45, 7) is 1.39. The number of ether oxygens (including phenoxy) is 1. The third kappa shape index (κ3) is 4.09. The van der Waals surface area contributed by atoms with Gasteiger partial charge < -0.3 is 14.7 Å². The zero-order valence-electron chi connectivity index (χ0n) is 15.2. The third-order valence-corrected chi connectivity index (χ3v) is 5.82. The Kier molecular flexibility index (Phi) is 5.55. The number of aromatic hydroxyl groups is 1. The van der Waals surface area contributed by atoms with Gasteiger partial charge in [-0.2, -0.15) is 0 Å². The number of phenolic OH excluding ortho intramolecular Hbond substituents is 1. The highest BCUT2D eigenvalue weighted by Crippen LogP contribution is 2.24.